The lowest BCUT2D eigenvalue weighted by Gasteiger charge is -2.61. The average molecular weight is 593 g/mol. The van der Waals surface area contributed by atoms with Crippen molar-refractivity contribution in [3.63, 3.8) is 0 Å². The van der Waals surface area contributed by atoms with Crippen LogP contribution in [0.4, 0.5) is 10.1 Å². The highest BCUT2D eigenvalue weighted by atomic mass is 35.5. The molecule has 4 aliphatic rings. The number of benzene rings is 2. The van der Waals surface area contributed by atoms with Gasteiger partial charge in [-0.25, -0.2) is 14.4 Å². The quantitative estimate of drug-likeness (QED) is 0.283. The molecule has 2 aromatic carbocycles. The summed E-state index contributed by atoms with van der Waals surface area (Å²) in [6.07, 6.45) is 4.38. The summed E-state index contributed by atoms with van der Waals surface area (Å²) in [4.78, 5) is 25.7. The average Bonchev–Trinajstić information content (AvgIpc) is 2.93. The van der Waals surface area contributed by atoms with Gasteiger partial charge in [0.05, 0.1) is 23.3 Å². The number of piperazine rings is 1. The normalized spacial score (nSPS) is 28.9. The van der Waals surface area contributed by atoms with Crippen LogP contribution in [0.2, 0.25) is 5.02 Å². The molecule has 0 radical (unpaired) electrons. The summed E-state index contributed by atoms with van der Waals surface area (Å²) in [6, 6.07) is 11.3. The molecule has 2 heterocycles. The minimum absolute atomic E-state index is 0.141. The van der Waals surface area contributed by atoms with Crippen LogP contribution in [0.25, 0.3) is 10.9 Å². The van der Waals surface area contributed by atoms with Gasteiger partial charge in [-0.2, -0.15) is 0 Å². The lowest BCUT2D eigenvalue weighted by atomic mass is 9.45. The fourth-order valence-electron chi connectivity index (χ4n) is 7.63. The summed E-state index contributed by atoms with van der Waals surface area (Å²) in [5.41, 5.74) is 2.27. The minimum atomic E-state index is -0.367. The van der Waals surface area contributed by atoms with Crippen molar-refractivity contribution in [1.29, 1.82) is 0 Å². The summed E-state index contributed by atoms with van der Waals surface area (Å²) < 4.78 is 15.8. The number of rotatable bonds is 5. The zero-order valence-electron chi connectivity index (χ0n) is 25.2. The molecule has 224 valence electrons. The molecular formula is C33H42ClFN6O. The first-order valence-electron chi connectivity index (χ1n) is 15.3. The maximum atomic E-state index is 14.2. The van der Waals surface area contributed by atoms with E-state index in [9.17, 15) is 9.18 Å². The van der Waals surface area contributed by atoms with E-state index in [-0.39, 0.29) is 11.4 Å². The van der Waals surface area contributed by atoms with Crippen molar-refractivity contribution >= 4 is 34.2 Å². The maximum absolute atomic E-state index is 14.2. The molecule has 42 heavy (non-hydrogen) atoms. The fourth-order valence-corrected chi connectivity index (χ4v) is 7.79. The van der Waals surface area contributed by atoms with E-state index in [0.717, 1.165) is 43.0 Å². The van der Waals surface area contributed by atoms with E-state index in [4.69, 9.17) is 16.6 Å². The van der Waals surface area contributed by atoms with Gasteiger partial charge in [0.2, 0.25) is 0 Å². The van der Waals surface area contributed by atoms with Gasteiger partial charge in [0.15, 0.2) is 5.96 Å². The van der Waals surface area contributed by atoms with Gasteiger partial charge in [0.1, 0.15) is 5.82 Å². The van der Waals surface area contributed by atoms with Crippen molar-refractivity contribution in [3.05, 3.63) is 69.5 Å². The van der Waals surface area contributed by atoms with Crippen LogP contribution in [0.15, 0.2) is 52.5 Å². The minimum Gasteiger partial charge on any atom is -0.340 e. The molecule has 0 amide bonds. The van der Waals surface area contributed by atoms with Gasteiger partial charge in [-0.1, -0.05) is 38.4 Å². The Morgan fingerprint density at radius 2 is 1.90 bits per heavy atom. The van der Waals surface area contributed by atoms with Crippen LogP contribution in [0.1, 0.15) is 53.0 Å². The summed E-state index contributed by atoms with van der Waals surface area (Å²) in [5.74, 6) is 2.53. The fraction of sp³-hybridized carbons (Fsp3) is 0.545. The van der Waals surface area contributed by atoms with Crippen LogP contribution < -0.4 is 16.2 Å². The van der Waals surface area contributed by atoms with E-state index >= 15 is 0 Å². The Bertz CT molecular complexity index is 1560. The second-order valence-electron chi connectivity index (χ2n) is 13.4. The topological polar surface area (TPSA) is 74.5 Å². The molecule has 6 atom stereocenters. The first-order chi connectivity index (χ1) is 20.0. The third-order valence-corrected chi connectivity index (χ3v) is 10.4. The predicted molar refractivity (Wildman–Crippen MR) is 169 cm³/mol. The molecule has 1 aliphatic heterocycles. The number of guanidine groups is 1. The van der Waals surface area contributed by atoms with Crippen molar-refractivity contribution < 1.29 is 4.39 Å². The molecule has 3 aliphatic carbocycles. The van der Waals surface area contributed by atoms with E-state index < -0.39 is 0 Å². The Balaban J connectivity index is 1.24. The predicted octanol–water partition coefficient (Wildman–Crippen LogP) is 5.95. The number of aliphatic imine (C=N–C) groups is 1. The zero-order valence-corrected chi connectivity index (χ0v) is 26.0. The number of fused-ring (bicyclic) bond motifs is 3. The molecular weight excluding hydrogens is 551 g/mol. The van der Waals surface area contributed by atoms with Crippen molar-refractivity contribution in [2.75, 3.05) is 18.4 Å². The van der Waals surface area contributed by atoms with Crippen molar-refractivity contribution in [3.8, 4) is 0 Å². The first kappa shape index (κ1) is 29.1. The summed E-state index contributed by atoms with van der Waals surface area (Å²) in [7, 11) is 0. The molecule has 9 heteroatoms. The molecule has 1 saturated heterocycles. The third-order valence-electron chi connectivity index (χ3n) is 10.2. The van der Waals surface area contributed by atoms with Gasteiger partial charge >= 0.3 is 0 Å². The lowest BCUT2D eigenvalue weighted by Crippen LogP contribution is -2.59. The van der Waals surface area contributed by atoms with Crippen molar-refractivity contribution in [1.82, 2.24) is 19.8 Å². The first-order valence-corrected chi connectivity index (χ1v) is 15.7. The molecule has 4 fully saturated rings. The highest BCUT2D eigenvalue weighted by Gasteiger charge is 2.56. The standard InChI is InChI=1S/C33H42ClFN6O/c1-19-16-41(17-20(2)37-19)32(39-29-13-23-12-27(21(29)3)33(23,4)5)38-25-8-9-26-30(15-25)36-18-40(31(26)42)11-10-22-6-7-24(34)14-28(22)35/h6-9,14-15,18-21,23,27,29,37H,10-13,16-17H2,1-5H3,(H,38,39)/t19-,20+,21-,23+,27+,29?/m1/s1. The number of hydrogen-bond acceptors (Lipinski definition) is 4. The van der Waals surface area contributed by atoms with Gasteiger partial charge in [0.25, 0.3) is 5.56 Å². The van der Waals surface area contributed by atoms with Crippen LogP contribution in [-0.2, 0) is 13.0 Å². The number of aryl methyl sites for hydroxylation is 2. The molecule has 3 aromatic rings. The number of nitrogens with zero attached hydrogens (tertiary/aromatic N) is 4. The van der Waals surface area contributed by atoms with E-state index in [1.807, 2.05) is 18.2 Å². The summed E-state index contributed by atoms with van der Waals surface area (Å²) in [5, 5.41) is 8.16. The van der Waals surface area contributed by atoms with Crippen LogP contribution in [0.3, 0.4) is 0 Å². The number of halogens is 2. The number of aromatic nitrogens is 2. The van der Waals surface area contributed by atoms with Gasteiger partial charge in [-0.3, -0.25) is 9.36 Å². The van der Waals surface area contributed by atoms with E-state index in [1.165, 1.54) is 17.1 Å². The van der Waals surface area contributed by atoms with Crippen LogP contribution in [0, 0.1) is 29.0 Å². The second-order valence-corrected chi connectivity index (χ2v) is 13.9. The SMILES string of the molecule is C[C@@H]1CN(C(=NC2C[C@@H]3C[C@@H]([C@H]2C)C3(C)C)Nc2ccc3c(=O)n(CCc4ccc(Cl)cc4F)cnc3c2)C[C@H](C)N1. The van der Waals surface area contributed by atoms with Crippen LogP contribution in [0.5, 0.6) is 0 Å². The third kappa shape index (κ3) is 5.55. The van der Waals surface area contributed by atoms with E-state index in [0.29, 0.717) is 63.9 Å². The summed E-state index contributed by atoms with van der Waals surface area (Å²) in [6.45, 7) is 13.7. The Hall–Kier alpha value is -2.97. The van der Waals surface area contributed by atoms with Crippen LogP contribution in [-0.4, -0.2) is 51.6 Å². The highest BCUT2D eigenvalue weighted by Crippen LogP contribution is 2.61. The van der Waals surface area contributed by atoms with Gasteiger partial charge in [-0.05, 0) is 92.2 Å². The number of nitrogens with one attached hydrogen (secondary N) is 2. The summed E-state index contributed by atoms with van der Waals surface area (Å²) >= 11 is 5.88. The van der Waals surface area contributed by atoms with Crippen LogP contribution >= 0.6 is 11.6 Å². The highest BCUT2D eigenvalue weighted by molar-refractivity contribution is 6.30. The number of hydrogen-bond donors (Lipinski definition) is 2. The molecule has 0 spiro atoms. The zero-order chi connectivity index (χ0) is 29.8. The Labute approximate surface area is 252 Å². The van der Waals surface area contributed by atoms with Crippen molar-refractivity contribution in [2.24, 2.45) is 28.2 Å². The maximum Gasteiger partial charge on any atom is 0.261 e. The molecule has 7 nitrogen and oxygen atoms in total. The molecule has 2 N–H and O–H groups in total. The molecule has 3 saturated carbocycles. The Kier molecular flexibility index (Phi) is 7.81. The van der Waals surface area contributed by atoms with E-state index in [1.54, 1.807) is 18.5 Å². The largest absolute Gasteiger partial charge is 0.340 e. The monoisotopic (exact) mass is 592 g/mol. The second kappa shape index (κ2) is 11.3. The van der Waals surface area contributed by atoms with Gasteiger partial charge in [-0.15, -0.1) is 0 Å². The molecule has 1 unspecified atom stereocenters. The molecule has 7 rings (SSSR count). The Morgan fingerprint density at radius 1 is 1.14 bits per heavy atom. The van der Waals surface area contributed by atoms with Gasteiger partial charge in [0, 0.05) is 42.4 Å². The van der Waals surface area contributed by atoms with Gasteiger partial charge < -0.3 is 15.5 Å². The molecule has 2 bridgehead atoms. The number of anilines is 1. The van der Waals surface area contributed by atoms with Crippen molar-refractivity contribution in [2.45, 2.75) is 78.6 Å². The van der Waals surface area contributed by atoms with E-state index in [2.05, 4.69) is 55.1 Å². The smallest absolute Gasteiger partial charge is 0.261 e. The lowest BCUT2D eigenvalue weighted by molar-refractivity contribution is -0.108. The molecule has 1 aromatic heterocycles. The Morgan fingerprint density at radius 3 is 2.60 bits per heavy atom.